The Hall–Kier alpha value is -1.47. The van der Waals surface area contributed by atoms with Gasteiger partial charge in [-0.3, -0.25) is 0 Å². The highest BCUT2D eigenvalue weighted by Gasteiger charge is 2.19. The third-order valence-electron chi connectivity index (χ3n) is 4.00. The van der Waals surface area contributed by atoms with Gasteiger partial charge >= 0.3 is 0 Å². The number of hydrogen-bond donors (Lipinski definition) is 0. The minimum absolute atomic E-state index is 0.0958. The van der Waals surface area contributed by atoms with Crippen LogP contribution in [0.15, 0.2) is 30.3 Å². The van der Waals surface area contributed by atoms with Gasteiger partial charge in [-0.1, -0.05) is 29.8 Å². The summed E-state index contributed by atoms with van der Waals surface area (Å²) in [6.07, 6.45) is 0.985. The zero-order valence-corrected chi connectivity index (χ0v) is 12.9. The van der Waals surface area contributed by atoms with Gasteiger partial charge in [0.05, 0.1) is 12.0 Å². The molecule has 0 aromatic heterocycles. The van der Waals surface area contributed by atoms with Gasteiger partial charge in [-0.25, -0.2) is 0 Å². The lowest BCUT2D eigenvalue weighted by molar-refractivity contribution is 0.357. The number of benzene rings is 2. The van der Waals surface area contributed by atoms with E-state index in [0.29, 0.717) is 0 Å². The Morgan fingerprint density at radius 1 is 1.05 bits per heavy atom. The molecule has 0 aliphatic carbocycles. The normalized spacial score (nSPS) is 14.8. The van der Waals surface area contributed by atoms with Crippen LogP contribution in [-0.4, -0.2) is 6.61 Å². The van der Waals surface area contributed by atoms with Gasteiger partial charge in [-0.05, 0) is 54.7 Å². The maximum absolute atomic E-state index is 6.76. The van der Waals surface area contributed by atoms with Crippen LogP contribution in [0.4, 0.5) is 0 Å². The van der Waals surface area contributed by atoms with Crippen molar-refractivity contribution in [3.05, 3.63) is 63.7 Å². The molecule has 1 heterocycles. The summed E-state index contributed by atoms with van der Waals surface area (Å²) in [4.78, 5) is 0. The lowest BCUT2D eigenvalue weighted by Crippen LogP contribution is -2.01. The summed E-state index contributed by atoms with van der Waals surface area (Å²) in [5.41, 5.74) is 7.48. The standard InChI is InChI=1S/C18H19ClO/c1-11-8-12(2)17(13(3)9-11)18(19)15-4-5-16-14(10-15)6-7-20-16/h4-5,8-10,18H,6-7H2,1-3H3. The zero-order chi connectivity index (χ0) is 14.3. The summed E-state index contributed by atoms with van der Waals surface area (Å²) < 4.78 is 5.56. The molecule has 3 rings (SSSR count). The second-order valence-corrected chi connectivity index (χ2v) is 6.08. The minimum Gasteiger partial charge on any atom is -0.493 e. The summed E-state index contributed by atoms with van der Waals surface area (Å²) in [6.45, 7) is 7.19. The minimum atomic E-state index is -0.0958. The van der Waals surface area contributed by atoms with Crippen LogP contribution in [0.3, 0.4) is 0 Å². The van der Waals surface area contributed by atoms with E-state index in [9.17, 15) is 0 Å². The van der Waals surface area contributed by atoms with Crippen LogP contribution in [0.5, 0.6) is 5.75 Å². The first-order valence-corrected chi connectivity index (χ1v) is 7.47. The quantitative estimate of drug-likeness (QED) is 0.715. The molecule has 2 aromatic rings. The first-order valence-electron chi connectivity index (χ1n) is 7.03. The van der Waals surface area contributed by atoms with Crippen molar-refractivity contribution in [1.29, 1.82) is 0 Å². The summed E-state index contributed by atoms with van der Waals surface area (Å²) in [7, 11) is 0. The fourth-order valence-electron chi connectivity index (χ4n) is 3.12. The van der Waals surface area contributed by atoms with Crippen molar-refractivity contribution in [1.82, 2.24) is 0 Å². The molecular formula is C18H19ClO. The van der Waals surface area contributed by atoms with Crippen molar-refractivity contribution in [3.63, 3.8) is 0 Å². The van der Waals surface area contributed by atoms with E-state index in [0.717, 1.165) is 24.3 Å². The van der Waals surface area contributed by atoms with Crippen molar-refractivity contribution in [2.24, 2.45) is 0 Å². The Morgan fingerprint density at radius 2 is 1.75 bits per heavy atom. The second kappa shape index (κ2) is 5.14. The molecule has 1 atom stereocenters. The van der Waals surface area contributed by atoms with Crippen molar-refractivity contribution in [3.8, 4) is 5.75 Å². The zero-order valence-electron chi connectivity index (χ0n) is 12.2. The Bertz CT molecular complexity index is 637. The van der Waals surface area contributed by atoms with E-state index < -0.39 is 0 Å². The number of ether oxygens (including phenoxy) is 1. The van der Waals surface area contributed by atoms with E-state index in [1.54, 1.807) is 0 Å². The smallest absolute Gasteiger partial charge is 0.122 e. The van der Waals surface area contributed by atoms with Crippen molar-refractivity contribution in [2.45, 2.75) is 32.6 Å². The maximum Gasteiger partial charge on any atom is 0.122 e. The van der Waals surface area contributed by atoms with E-state index in [2.05, 4.69) is 45.0 Å². The number of hydrogen-bond acceptors (Lipinski definition) is 1. The number of aryl methyl sites for hydroxylation is 3. The molecule has 0 radical (unpaired) electrons. The molecule has 1 unspecified atom stereocenters. The SMILES string of the molecule is Cc1cc(C)c(C(Cl)c2ccc3c(c2)CCO3)c(C)c1. The molecule has 2 aromatic carbocycles. The molecule has 0 fully saturated rings. The highest BCUT2D eigenvalue weighted by atomic mass is 35.5. The van der Waals surface area contributed by atoms with Gasteiger partial charge in [-0.2, -0.15) is 0 Å². The predicted molar refractivity (Wildman–Crippen MR) is 84.0 cm³/mol. The molecule has 0 bridgehead atoms. The molecule has 0 amide bonds. The topological polar surface area (TPSA) is 9.23 Å². The molecule has 1 nitrogen and oxygen atoms in total. The molecule has 0 saturated heterocycles. The molecular weight excluding hydrogens is 268 g/mol. The molecule has 20 heavy (non-hydrogen) atoms. The predicted octanol–water partition coefficient (Wildman–Crippen LogP) is 4.87. The Kier molecular flexibility index (Phi) is 3.47. The summed E-state index contributed by atoms with van der Waals surface area (Å²) in [6, 6.07) is 10.7. The average Bonchev–Trinajstić information content (AvgIpc) is 2.84. The lowest BCUT2D eigenvalue weighted by atomic mass is 9.93. The third-order valence-corrected chi connectivity index (χ3v) is 4.47. The fourth-order valence-corrected chi connectivity index (χ4v) is 3.60. The number of rotatable bonds is 2. The Labute approximate surface area is 125 Å². The summed E-state index contributed by atoms with van der Waals surface area (Å²) in [5, 5.41) is -0.0958. The molecule has 1 aliphatic heterocycles. The second-order valence-electron chi connectivity index (χ2n) is 5.64. The first kappa shape index (κ1) is 13.5. The Balaban J connectivity index is 2.03. The largest absolute Gasteiger partial charge is 0.493 e. The number of alkyl halides is 1. The van der Waals surface area contributed by atoms with Gasteiger partial charge in [0.25, 0.3) is 0 Å². The van der Waals surface area contributed by atoms with Gasteiger partial charge in [0, 0.05) is 6.42 Å². The molecule has 104 valence electrons. The highest BCUT2D eigenvalue weighted by Crippen LogP contribution is 2.36. The van der Waals surface area contributed by atoms with Crippen LogP contribution in [0, 0.1) is 20.8 Å². The average molecular weight is 287 g/mol. The molecule has 0 N–H and O–H groups in total. The van der Waals surface area contributed by atoms with E-state index in [-0.39, 0.29) is 5.38 Å². The third kappa shape index (κ3) is 2.31. The Morgan fingerprint density at radius 3 is 2.45 bits per heavy atom. The lowest BCUT2D eigenvalue weighted by Gasteiger charge is -2.18. The van der Waals surface area contributed by atoms with Crippen LogP contribution in [0.2, 0.25) is 0 Å². The number of halogens is 1. The first-order chi connectivity index (χ1) is 9.56. The highest BCUT2D eigenvalue weighted by molar-refractivity contribution is 6.22. The van der Waals surface area contributed by atoms with Gasteiger partial charge in [0.1, 0.15) is 5.75 Å². The van der Waals surface area contributed by atoms with E-state index in [1.165, 1.54) is 27.8 Å². The van der Waals surface area contributed by atoms with Crippen LogP contribution in [-0.2, 0) is 6.42 Å². The monoisotopic (exact) mass is 286 g/mol. The molecule has 0 saturated carbocycles. The van der Waals surface area contributed by atoms with E-state index in [4.69, 9.17) is 16.3 Å². The van der Waals surface area contributed by atoms with Gasteiger partial charge in [0.2, 0.25) is 0 Å². The summed E-state index contributed by atoms with van der Waals surface area (Å²) in [5.74, 6) is 1.01. The van der Waals surface area contributed by atoms with E-state index >= 15 is 0 Å². The maximum atomic E-state index is 6.76. The van der Waals surface area contributed by atoms with Crippen LogP contribution in [0.1, 0.15) is 38.8 Å². The van der Waals surface area contributed by atoms with Crippen molar-refractivity contribution in [2.75, 3.05) is 6.61 Å². The number of fused-ring (bicyclic) bond motifs is 1. The van der Waals surface area contributed by atoms with Crippen LogP contribution < -0.4 is 4.74 Å². The van der Waals surface area contributed by atoms with Crippen molar-refractivity contribution < 1.29 is 4.74 Å². The van der Waals surface area contributed by atoms with Gasteiger partial charge in [-0.15, -0.1) is 11.6 Å². The molecule has 2 heteroatoms. The van der Waals surface area contributed by atoms with E-state index in [1.807, 2.05) is 6.07 Å². The fraction of sp³-hybridized carbons (Fsp3) is 0.333. The van der Waals surface area contributed by atoms with Crippen LogP contribution >= 0.6 is 11.6 Å². The van der Waals surface area contributed by atoms with Gasteiger partial charge in [0.15, 0.2) is 0 Å². The van der Waals surface area contributed by atoms with Crippen LogP contribution in [0.25, 0.3) is 0 Å². The summed E-state index contributed by atoms with van der Waals surface area (Å²) >= 11 is 6.76. The molecule has 0 spiro atoms. The molecule has 1 aliphatic rings. The van der Waals surface area contributed by atoms with Crippen molar-refractivity contribution >= 4 is 11.6 Å². The van der Waals surface area contributed by atoms with Gasteiger partial charge < -0.3 is 4.74 Å².